The summed E-state index contributed by atoms with van der Waals surface area (Å²) in [7, 11) is 0. The van der Waals surface area contributed by atoms with Crippen LogP contribution >= 0.6 is 0 Å². The number of allylic oxidation sites excluding steroid dienone is 1. The lowest BCUT2D eigenvalue weighted by Crippen LogP contribution is -2.13. The van der Waals surface area contributed by atoms with Gasteiger partial charge >= 0.3 is 0 Å². The third kappa shape index (κ3) is 4.77. The fraction of sp³-hybridized carbons (Fsp3) is 0.250. The summed E-state index contributed by atoms with van der Waals surface area (Å²) in [4.78, 5) is 15.1. The summed E-state index contributed by atoms with van der Waals surface area (Å²) >= 11 is 0. The van der Waals surface area contributed by atoms with E-state index in [0.29, 0.717) is 6.54 Å². The number of hydrogen-bond donors (Lipinski definition) is 1. The van der Waals surface area contributed by atoms with Crippen LogP contribution in [0.2, 0.25) is 0 Å². The van der Waals surface area contributed by atoms with E-state index in [9.17, 15) is 4.79 Å². The molecule has 1 unspecified atom stereocenters. The van der Waals surface area contributed by atoms with E-state index in [2.05, 4.69) is 53.3 Å². The molecule has 0 spiro atoms. The van der Waals surface area contributed by atoms with Crippen LogP contribution < -0.4 is 5.32 Å². The molecule has 0 aliphatic heterocycles. The molecule has 1 amide bonds. The highest BCUT2D eigenvalue weighted by Gasteiger charge is 2.19. The first-order chi connectivity index (χ1) is 13.7. The number of rotatable bonds is 10. The van der Waals surface area contributed by atoms with E-state index < -0.39 is 0 Å². The molecule has 28 heavy (non-hydrogen) atoms. The number of carbonyl (C=O) groups excluding carboxylic acids is 1. The van der Waals surface area contributed by atoms with Gasteiger partial charge in [-0.15, -0.1) is 6.58 Å². The van der Waals surface area contributed by atoms with Crippen LogP contribution in [0.5, 0.6) is 0 Å². The average Bonchev–Trinajstić information content (AvgIpc) is 3.12. The third-order valence-corrected chi connectivity index (χ3v) is 4.82. The molecule has 1 N–H and O–H groups in total. The zero-order valence-corrected chi connectivity index (χ0v) is 16.2. The number of oxazole rings is 1. The first-order valence-electron chi connectivity index (χ1n) is 9.64. The van der Waals surface area contributed by atoms with Gasteiger partial charge in [-0.2, -0.15) is 0 Å². The largest absolute Gasteiger partial charge is 0.440 e. The maximum atomic E-state index is 10.4. The van der Waals surface area contributed by atoms with E-state index in [-0.39, 0.29) is 5.92 Å². The minimum absolute atomic E-state index is 0.169. The van der Waals surface area contributed by atoms with Gasteiger partial charge < -0.3 is 9.73 Å². The number of aromatic nitrogens is 1. The number of hydrogen-bond acceptors (Lipinski definition) is 3. The first-order valence-corrected chi connectivity index (χ1v) is 9.64. The van der Waals surface area contributed by atoms with Gasteiger partial charge in [-0.1, -0.05) is 60.7 Å². The summed E-state index contributed by atoms with van der Waals surface area (Å²) in [5.74, 6) is 1.72. The monoisotopic (exact) mass is 374 g/mol. The molecule has 0 fully saturated rings. The van der Waals surface area contributed by atoms with Crippen molar-refractivity contribution in [2.24, 2.45) is 0 Å². The van der Waals surface area contributed by atoms with Crippen molar-refractivity contribution in [2.45, 2.75) is 32.1 Å². The van der Waals surface area contributed by atoms with Crippen LogP contribution in [0.3, 0.4) is 0 Å². The smallest absolute Gasteiger partial charge is 0.207 e. The molecule has 1 atom stereocenters. The molecule has 4 heteroatoms. The van der Waals surface area contributed by atoms with Gasteiger partial charge in [0.1, 0.15) is 0 Å². The van der Waals surface area contributed by atoms with Gasteiger partial charge in [0.25, 0.3) is 0 Å². The van der Waals surface area contributed by atoms with Crippen molar-refractivity contribution in [3.8, 4) is 22.5 Å². The molecule has 0 bridgehead atoms. The molecule has 4 nitrogen and oxygen atoms in total. The Labute approximate surface area is 166 Å². The maximum Gasteiger partial charge on any atom is 0.207 e. The quantitative estimate of drug-likeness (QED) is 0.289. The lowest BCUT2D eigenvalue weighted by Gasteiger charge is -2.10. The highest BCUT2D eigenvalue weighted by molar-refractivity contribution is 5.68. The third-order valence-electron chi connectivity index (χ3n) is 4.82. The lowest BCUT2D eigenvalue weighted by atomic mass is 9.99. The van der Waals surface area contributed by atoms with Crippen molar-refractivity contribution in [3.63, 3.8) is 0 Å². The molecule has 3 aromatic rings. The van der Waals surface area contributed by atoms with Crippen molar-refractivity contribution in [1.29, 1.82) is 0 Å². The summed E-state index contributed by atoms with van der Waals surface area (Å²) < 4.78 is 6.17. The molecular weight excluding hydrogens is 348 g/mol. The Morgan fingerprint density at radius 1 is 1.07 bits per heavy atom. The highest BCUT2D eigenvalue weighted by Crippen LogP contribution is 2.32. The standard InChI is InChI=1S/C24H26N2O2/c1-3-8-22(11-7-16-25-17-27)24-26-18(2)23(28-24)21-14-12-20(13-15-21)19-9-5-4-6-10-19/h3-6,9-10,12-15,17,22H,1,7-8,11,16H2,2H3,(H,25,27). The van der Waals surface area contributed by atoms with Crippen LogP contribution in [-0.4, -0.2) is 17.9 Å². The van der Waals surface area contributed by atoms with Gasteiger partial charge in [0.05, 0.1) is 5.69 Å². The Balaban J connectivity index is 1.78. The van der Waals surface area contributed by atoms with Crippen molar-refractivity contribution < 1.29 is 9.21 Å². The molecule has 1 aromatic heterocycles. The lowest BCUT2D eigenvalue weighted by molar-refractivity contribution is -0.109. The predicted molar refractivity (Wildman–Crippen MR) is 113 cm³/mol. The SMILES string of the molecule is C=CCC(CCCNC=O)c1nc(C)c(-c2ccc(-c3ccccc3)cc2)o1. The van der Waals surface area contributed by atoms with Crippen molar-refractivity contribution >= 4 is 6.41 Å². The first kappa shape index (κ1) is 19.6. The molecule has 0 saturated carbocycles. The zero-order chi connectivity index (χ0) is 19.8. The summed E-state index contributed by atoms with van der Waals surface area (Å²) in [6.45, 7) is 6.49. The summed E-state index contributed by atoms with van der Waals surface area (Å²) in [6, 6.07) is 18.7. The van der Waals surface area contributed by atoms with Crippen LogP contribution in [0.4, 0.5) is 0 Å². The van der Waals surface area contributed by atoms with Gasteiger partial charge in [-0.05, 0) is 37.3 Å². The zero-order valence-electron chi connectivity index (χ0n) is 16.2. The molecule has 0 aliphatic carbocycles. The molecule has 144 valence electrons. The normalized spacial score (nSPS) is 11.8. The Morgan fingerprint density at radius 3 is 2.43 bits per heavy atom. The summed E-state index contributed by atoms with van der Waals surface area (Å²) in [5, 5.41) is 2.70. The Kier molecular flexibility index (Phi) is 6.79. The van der Waals surface area contributed by atoms with E-state index in [1.165, 1.54) is 11.1 Å². The number of nitrogens with zero attached hydrogens (tertiary/aromatic N) is 1. The second kappa shape index (κ2) is 9.70. The van der Waals surface area contributed by atoms with Crippen LogP contribution in [0.1, 0.15) is 36.8 Å². The highest BCUT2D eigenvalue weighted by atomic mass is 16.4. The molecular formula is C24H26N2O2. The van der Waals surface area contributed by atoms with Gasteiger partial charge in [0, 0.05) is 18.0 Å². The van der Waals surface area contributed by atoms with Crippen LogP contribution in [0, 0.1) is 6.92 Å². The fourth-order valence-corrected chi connectivity index (χ4v) is 3.36. The van der Waals surface area contributed by atoms with E-state index >= 15 is 0 Å². The number of benzene rings is 2. The van der Waals surface area contributed by atoms with E-state index in [0.717, 1.165) is 48.6 Å². The second-order valence-electron chi connectivity index (χ2n) is 6.85. The minimum Gasteiger partial charge on any atom is -0.440 e. The molecule has 3 rings (SSSR count). The van der Waals surface area contributed by atoms with Gasteiger partial charge in [-0.3, -0.25) is 4.79 Å². The Bertz CT molecular complexity index is 898. The van der Waals surface area contributed by atoms with E-state index in [1.54, 1.807) is 0 Å². The van der Waals surface area contributed by atoms with Crippen LogP contribution in [0.15, 0.2) is 71.7 Å². The number of nitrogens with one attached hydrogen (secondary N) is 1. The maximum absolute atomic E-state index is 10.4. The van der Waals surface area contributed by atoms with Crippen LogP contribution in [-0.2, 0) is 4.79 Å². The molecule has 0 aliphatic rings. The average molecular weight is 374 g/mol. The molecule has 1 heterocycles. The minimum atomic E-state index is 0.169. The van der Waals surface area contributed by atoms with E-state index in [4.69, 9.17) is 4.42 Å². The van der Waals surface area contributed by atoms with E-state index in [1.807, 2.05) is 31.2 Å². The molecule has 0 radical (unpaired) electrons. The van der Waals surface area contributed by atoms with Crippen molar-refractivity contribution in [1.82, 2.24) is 10.3 Å². The van der Waals surface area contributed by atoms with Gasteiger partial charge in [0.2, 0.25) is 6.41 Å². The summed E-state index contributed by atoms with van der Waals surface area (Å²) in [5.41, 5.74) is 4.28. The number of aryl methyl sites for hydroxylation is 1. The molecule has 0 saturated heterocycles. The number of amides is 1. The molecule has 2 aromatic carbocycles. The topological polar surface area (TPSA) is 55.1 Å². The Morgan fingerprint density at radius 2 is 1.75 bits per heavy atom. The second-order valence-corrected chi connectivity index (χ2v) is 6.85. The van der Waals surface area contributed by atoms with Crippen LogP contribution in [0.25, 0.3) is 22.5 Å². The van der Waals surface area contributed by atoms with Crippen molar-refractivity contribution in [2.75, 3.05) is 6.54 Å². The predicted octanol–water partition coefficient (Wildman–Crippen LogP) is 5.50. The van der Waals surface area contributed by atoms with Gasteiger partial charge in [0.15, 0.2) is 11.7 Å². The van der Waals surface area contributed by atoms with Crippen molar-refractivity contribution in [3.05, 3.63) is 78.8 Å². The number of carbonyl (C=O) groups is 1. The van der Waals surface area contributed by atoms with Gasteiger partial charge in [-0.25, -0.2) is 4.98 Å². The summed E-state index contributed by atoms with van der Waals surface area (Å²) in [6.07, 6.45) is 5.19. The fourth-order valence-electron chi connectivity index (χ4n) is 3.36. The Hall–Kier alpha value is -3.14.